The van der Waals surface area contributed by atoms with Crippen LogP contribution in [0, 0.1) is 6.92 Å². The average Bonchev–Trinajstić information content (AvgIpc) is 3.43. The van der Waals surface area contributed by atoms with Gasteiger partial charge in [0.2, 0.25) is 5.95 Å². The van der Waals surface area contributed by atoms with Gasteiger partial charge in [0.15, 0.2) is 0 Å². The van der Waals surface area contributed by atoms with Crippen LogP contribution in [0.4, 0.5) is 17.3 Å². The number of hydrogen-bond acceptors (Lipinski definition) is 8. The van der Waals surface area contributed by atoms with Crippen molar-refractivity contribution in [2.75, 3.05) is 36.4 Å². The fraction of sp³-hybridized carbons (Fsp3) is 0.312. The molecule has 0 bridgehead atoms. The lowest BCUT2D eigenvalue weighted by Crippen LogP contribution is -2.48. The molecule has 0 atom stereocenters. The zero-order valence-electron chi connectivity index (χ0n) is 24.3. The number of benzene rings is 2. The highest BCUT2D eigenvalue weighted by Gasteiger charge is 2.19. The fourth-order valence-electron chi connectivity index (χ4n) is 5.54. The Balaban J connectivity index is 1.25. The van der Waals surface area contributed by atoms with Gasteiger partial charge in [-0.3, -0.25) is 14.3 Å². The van der Waals surface area contributed by atoms with Gasteiger partial charge in [-0.15, -0.1) is 11.3 Å². The molecular formula is C32H34ClN7OS. The van der Waals surface area contributed by atoms with Gasteiger partial charge in [0.1, 0.15) is 5.65 Å². The van der Waals surface area contributed by atoms with Crippen molar-refractivity contribution < 1.29 is 0 Å². The number of piperazine rings is 1. The molecule has 0 unspecified atom stereocenters. The molecular weight excluding hydrogens is 566 g/mol. The van der Waals surface area contributed by atoms with Gasteiger partial charge in [0, 0.05) is 77.9 Å². The van der Waals surface area contributed by atoms with E-state index in [4.69, 9.17) is 16.6 Å². The van der Waals surface area contributed by atoms with Crippen LogP contribution in [-0.2, 0) is 6.54 Å². The van der Waals surface area contributed by atoms with Gasteiger partial charge >= 0.3 is 0 Å². The number of aryl methyl sites for hydroxylation is 2. The Bertz CT molecular complexity index is 1790. The maximum atomic E-state index is 13.7. The van der Waals surface area contributed by atoms with E-state index in [-0.39, 0.29) is 5.56 Å². The summed E-state index contributed by atoms with van der Waals surface area (Å²) in [5, 5.41) is 4.60. The van der Waals surface area contributed by atoms with Crippen LogP contribution < -0.4 is 15.8 Å². The predicted octanol–water partition coefficient (Wildman–Crippen LogP) is 6.84. The van der Waals surface area contributed by atoms with E-state index in [1.807, 2.05) is 55.8 Å². The Hall–Kier alpha value is -3.79. The lowest BCUT2D eigenvalue weighted by molar-refractivity contribution is 0.209. The minimum Gasteiger partial charge on any atom is -0.369 e. The average molecular weight is 600 g/mol. The first-order valence-corrected chi connectivity index (χ1v) is 15.5. The molecule has 0 spiro atoms. The topological polar surface area (TPSA) is 79.2 Å². The maximum absolute atomic E-state index is 13.7. The van der Waals surface area contributed by atoms with Gasteiger partial charge in [0.25, 0.3) is 5.56 Å². The molecule has 0 radical (unpaired) electrons. The van der Waals surface area contributed by atoms with E-state index in [2.05, 4.69) is 51.1 Å². The number of rotatable bonds is 7. The smallest absolute Gasteiger partial charge is 0.260 e. The normalized spacial score (nSPS) is 14.2. The SMILES string of the molecule is CCn1c(=O)c(-c2ccc(-c3scnc3C)cc2Cl)cc2cnc(Nc3ccc(N4CCN(C(C)C)CC4)cc3)nc21. The van der Waals surface area contributed by atoms with Crippen molar-refractivity contribution in [3.05, 3.63) is 81.3 Å². The first-order valence-electron chi connectivity index (χ1n) is 14.3. The number of halogens is 1. The van der Waals surface area contributed by atoms with E-state index in [0.29, 0.717) is 40.3 Å². The molecule has 3 aromatic heterocycles. The Morgan fingerprint density at radius 3 is 2.40 bits per heavy atom. The Kier molecular flexibility index (Phi) is 7.98. The molecule has 0 saturated carbocycles. The molecule has 4 heterocycles. The second-order valence-electron chi connectivity index (χ2n) is 10.8. The van der Waals surface area contributed by atoms with Crippen molar-refractivity contribution in [1.29, 1.82) is 0 Å². The fourth-order valence-corrected chi connectivity index (χ4v) is 6.63. The molecule has 5 aromatic rings. The van der Waals surface area contributed by atoms with E-state index in [1.54, 1.807) is 22.1 Å². The van der Waals surface area contributed by atoms with Crippen molar-refractivity contribution in [3.8, 4) is 21.6 Å². The Morgan fingerprint density at radius 2 is 1.76 bits per heavy atom. The van der Waals surface area contributed by atoms with E-state index in [1.165, 1.54) is 5.69 Å². The Morgan fingerprint density at radius 1 is 1.00 bits per heavy atom. The molecule has 8 nitrogen and oxygen atoms in total. The van der Waals surface area contributed by atoms with Crippen molar-refractivity contribution in [1.82, 2.24) is 24.4 Å². The predicted molar refractivity (Wildman–Crippen MR) is 174 cm³/mol. The van der Waals surface area contributed by atoms with Crippen LogP contribution in [0.3, 0.4) is 0 Å². The third-order valence-corrected chi connectivity index (χ3v) is 9.23. The number of nitrogens with one attached hydrogen (secondary N) is 1. The van der Waals surface area contributed by atoms with Gasteiger partial charge in [-0.2, -0.15) is 4.98 Å². The highest BCUT2D eigenvalue weighted by atomic mass is 35.5. The Labute approximate surface area is 254 Å². The molecule has 0 amide bonds. The molecule has 2 aromatic carbocycles. The number of nitrogens with zero attached hydrogens (tertiary/aromatic N) is 6. The van der Waals surface area contributed by atoms with E-state index in [9.17, 15) is 4.79 Å². The maximum Gasteiger partial charge on any atom is 0.260 e. The summed E-state index contributed by atoms with van der Waals surface area (Å²) in [6.45, 7) is 13.1. The van der Waals surface area contributed by atoms with E-state index >= 15 is 0 Å². The van der Waals surface area contributed by atoms with Crippen molar-refractivity contribution in [2.45, 2.75) is 40.3 Å². The summed E-state index contributed by atoms with van der Waals surface area (Å²) >= 11 is 8.31. The minimum absolute atomic E-state index is 0.139. The number of pyridine rings is 1. The van der Waals surface area contributed by atoms with Crippen LogP contribution >= 0.6 is 22.9 Å². The largest absolute Gasteiger partial charge is 0.369 e. The number of hydrogen-bond donors (Lipinski definition) is 1. The molecule has 1 aliphatic heterocycles. The van der Waals surface area contributed by atoms with E-state index < -0.39 is 0 Å². The zero-order valence-corrected chi connectivity index (χ0v) is 25.8. The van der Waals surface area contributed by atoms with Crippen molar-refractivity contribution in [3.63, 3.8) is 0 Å². The molecule has 1 saturated heterocycles. The molecule has 1 aliphatic rings. The van der Waals surface area contributed by atoms with Gasteiger partial charge in [-0.05, 0) is 69.7 Å². The number of anilines is 3. The van der Waals surface area contributed by atoms with Crippen molar-refractivity contribution in [2.24, 2.45) is 0 Å². The lowest BCUT2D eigenvalue weighted by atomic mass is 10.0. The van der Waals surface area contributed by atoms with Crippen molar-refractivity contribution >= 4 is 51.3 Å². The third-order valence-electron chi connectivity index (χ3n) is 7.94. The summed E-state index contributed by atoms with van der Waals surface area (Å²) in [6, 6.07) is 16.6. The second kappa shape index (κ2) is 11.8. The van der Waals surface area contributed by atoms with Crippen LogP contribution in [0.25, 0.3) is 32.6 Å². The highest BCUT2D eigenvalue weighted by molar-refractivity contribution is 7.13. The number of thiazole rings is 1. The van der Waals surface area contributed by atoms with Gasteiger partial charge < -0.3 is 10.2 Å². The second-order valence-corrected chi connectivity index (χ2v) is 12.1. The van der Waals surface area contributed by atoms with Crippen LogP contribution in [0.15, 0.2) is 65.0 Å². The molecule has 0 aliphatic carbocycles. The monoisotopic (exact) mass is 599 g/mol. The molecule has 1 fully saturated rings. The third kappa shape index (κ3) is 5.52. The summed E-state index contributed by atoms with van der Waals surface area (Å²) in [6.07, 6.45) is 1.76. The number of aromatic nitrogens is 4. The molecule has 6 rings (SSSR count). The lowest BCUT2D eigenvalue weighted by Gasteiger charge is -2.38. The summed E-state index contributed by atoms with van der Waals surface area (Å²) in [4.78, 5) is 33.3. The van der Waals surface area contributed by atoms with Gasteiger partial charge in [-0.25, -0.2) is 9.97 Å². The minimum atomic E-state index is -0.139. The summed E-state index contributed by atoms with van der Waals surface area (Å²) in [5.41, 5.74) is 7.52. The molecule has 42 heavy (non-hydrogen) atoms. The summed E-state index contributed by atoms with van der Waals surface area (Å²) in [5.74, 6) is 0.442. The quantitative estimate of drug-likeness (QED) is 0.219. The van der Waals surface area contributed by atoms with Crippen LogP contribution in [0.5, 0.6) is 0 Å². The van der Waals surface area contributed by atoms with Crippen LogP contribution in [0.1, 0.15) is 26.5 Å². The van der Waals surface area contributed by atoms with Gasteiger partial charge in [0.05, 0.1) is 16.1 Å². The zero-order chi connectivity index (χ0) is 29.4. The summed E-state index contributed by atoms with van der Waals surface area (Å²) < 4.78 is 1.68. The highest BCUT2D eigenvalue weighted by Crippen LogP contribution is 2.34. The first-order chi connectivity index (χ1) is 20.3. The van der Waals surface area contributed by atoms with Gasteiger partial charge in [-0.1, -0.05) is 23.7 Å². The van der Waals surface area contributed by atoms with E-state index in [0.717, 1.165) is 53.4 Å². The number of fused-ring (bicyclic) bond motifs is 1. The first kappa shape index (κ1) is 28.3. The van der Waals surface area contributed by atoms with Crippen LogP contribution in [0.2, 0.25) is 5.02 Å². The standard InChI is InChI=1S/C32H34ClN7OS/c1-5-40-30-23(16-27(31(40)41)26-11-6-22(17-28(26)33)29-21(4)35-19-42-29)18-34-32(37-30)36-24-7-9-25(10-8-24)39-14-12-38(13-15-39)20(2)3/h6-11,16-20H,5,12-15H2,1-4H3,(H,34,36,37). The molecule has 1 N–H and O–H groups in total. The van der Waals surface area contributed by atoms with Crippen LogP contribution in [-0.4, -0.2) is 56.6 Å². The summed E-state index contributed by atoms with van der Waals surface area (Å²) in [7, 11) is 0. The molecule has 216 valence electrons. The molecule has 10 heteroatoms.